The Labute approximate surface area is 158 Å². The zero-order valence-electron chi connectivity index (χ0n) is 14.7. The number of ether oxygens (including phenoxy) is 1. The van der Waals surface area contributed by atoms with Gasteiger partial charge in [0.2, 0.25) is 5.88 Å². The van der Waals surface area contributed by atoms with Crippen LogP contribution in [0.5, 0.6) is 5.75 Å². The fourth-order valence-electron chi connectivity index (χ4n) is 3.64. The Morgan fingerprint density at radius 2 is 1.89 bits per heavy atom. The van der Waals surface area contributed by atoms with Crippen molar-refractivity contribution in [2.75, 3.05) is 0 Å². The van der Waals surface area contributed by atoms with E-state index >= 15 is 0 Å². The number of allylic oxidation sites excluding steroid dienone is 1. The Balaban J connectivity index is 2.16. The highest BCUT2D eigenvalue weighted by Crippen LogP contribution is 2.45. The van der Waals surface area contributed by atoms with Crippen LogP contribution in [0.15, 0.2) is 64.8 Å². The maximum atomic E-state index is 13.2. The number of pyridine rings is 1. The predicted octanol–water partition coefficient (Wildman–Crippen LogP) is 2.66. The molecular formula is C20H14N4O4. The topological polar surface area (TPSA) is 124 Å². The number of nitrogens with two attached hydrogens (primary N) is 1. The summed E-state index contributed by atoms with van der Waals surface area (Å²) in [6, 6.07) is 15.1. The largest absolute Gasteiger partial charge is 0.439 e. The fourth-order valence-corrected chi connectivity index (χ4v) is 3.64. The molecule has 0 fully saturated rings. The third-order valence-corrected chi connectivity index (χ3v) is 4.91. The van der Waals surface area contributed by atoms with Crippen molar-refractivity contribution in [3.63, 3.8) is 0 Å². The van der Waals surface area contributed by atoms with Crippen molar-refractivity contribution in [3.05, 3.63) is 91.6 Å². The van der Waals surface area contributed by atoms with Crippen LogP contribution < -0.4 is 16.0 Å². The van der Waals surface area contributed by atoms with Gasteiger partial charge in [-0.1, -0.05) is 30.3 Å². The van der Waals surface area contributed by atoms with Gasteiger partial charge in [0.15, 0.2) is 0 Å². The van der Waals surface area contributed by atoms with E-state index in [-0.39, 0.29) is 34.0 Å². The molecule has 1 atom stereocenters. The number of nitriles is 1. The Morgan fingerprint density at radius 1 is 1.21 bits per heavy atom. The molecule has 1 aliphatic rings. The average molecular weight is 374 g/mol. The average Bonchev–Trinajstić information content (AvgIpc) is 2.71. The minimum atomic E-state index is -1.00. The quantitative estimate of drug-likeness (QED) is 0.543. The van der Waals surface area contributed by atoms with Crippen LogP contribution in [0, 0.1) is 21.4 Å². The van der Waals surface area contributed by atoms with E-state index in [2.05, 4.69) is 0 Å². The summed E-state index contributed by atoms with van der Waals surface area (Å²) >= 11 is 0. The van der Waals surface area contributed by atoms with E-state index in [1.807, 2.05) is 6.07 Å². The molecule has 1 aromatic heterocycles. The van der Waals surface area contributed by atoms with Crippen LogP contribution in [0.25, 0.3) is 10.9 Å². The van der Waals surface area contributed by atoms with E-state index < -0.39 is 16.4 Å². The zero-order valence-corrected chi connectivity index (χ0v) is 14.7. The molecule has 138 valence electrons. The molecule has 0 saturated heterocycles. The summed E-state index contributed by atoms with van der Waals surface area (Å²) < 4.78 is 7.13. The molecule has 1 aliphatic heterocycles. The third-order valence-electron chi connectivity index (χ3n) is 4.91. The highest BCUT2D eigenvalue weighted by atomic mass is 16.6. The van der Waals surface area contributed by atoms with Crippen LogP contribution in [-0.4, -0.2) is 9.49 Å². The first kappa shape index (κ1) is 17.3. The Morgan fingerprint density at radius 3 is 2.61 bits per heavy atom. The van der Waals surface area contributed by atoms with Gasteiger partial charge >= 0.3 is 0 Å². The lowest BCUT2D eigenvalue weighted by molar-refractivity contribution is -0.385. The van der Waals surface area contributed by atoms with Crippen molar-refractivity contribution in [2.45, 2.75) is 5.92 Å². The van der Waals surface area contributed by atoms with Crippen LogP contribution in [0.1, 0.15) is 17.0 Å². The van der Waals surface area contributed by atoms with Gasteiger partial charge in [-0.3, -0.25) is 14.9 Å². The molecule has 0 aliphatic carbocycles. The molecule has 2 N–H and O–H groups in total. The number of nitrogens with zero attached hydrogens (tertiary/aromatic N) is 3. The molecule has 8 nitrogen and oxygen atoms in total. The Kier molecular flexibility index (Phi) is 3.86. The van der Waals surface area contributed by atoms with E-state index in [1.165, 1.54) is 22.8 Å². The zero-order chi connectivity index (χ0) is 20.0. The lowest BCUT2D eigenvalue weighted by Gasteiger charge is -2.27. The molecule has 0 saturated carbocycles. The van der Waals surface area contributed by atoms with Crippen molar-refractivity contribution >= 4 is 16.6 Å². The lowest BCUT2D eigenvalue weighted by Crippen LogP contribution is -2.31. The molecule has 0 unspecified atom stereocenters. The van der Waals surface area contributed by atoms with E-state index in [0.29, 0.717) is 10.9 Å². The number of para-hydroxylation sites is 2. The van der Waals surface area contributed by atoms with Gasteiger partial charge in [-0.15, -0.1) is 0 Å². The summed E-state index contributed by atoms with van der Waals surface area (Å²) in [6.07, 6.45) is 0. The van der Waals surface area contributed by atoms with Gasteiger partial charge < -0.3 is 15.0 Å². The van der Waals surface area contributed by atoms with E-state index in [0.717, 1.165) is 0 Å². The van der Waals surface area contributed by atoms with Gasteiger partial charge in [0.05, 0.1) is 21.9 Å². The smallest absolute Gasteiger partial charge is 0.273 e. The fraction of sp³-hybridized carbons (Fsp3) is 0.100. The van der Waals surface area contributed by atoms with Gasteiger partial charge in [-0.25, -0.2) is 0 Å². The van der Waals surface area contributed by atoms with Crippen LogP contribution in [0.4, 0.5) is 5.69 Å². The third kappa shape index (κ3) is 2.34. The number of aromatic nitrogens is 1. The Hall–Kier alpha value is -4.12. The van der Waals surface area contributed by atoms with Gasteiger partial charge in [0, 0.05) is 24.1 Å². The van der Waals surface area contributed by atoms with Crippen molar-refractivity contribution in [1.29, 1.82) is 5.26 Å². The molecule has 28 heavy (non-hydrogen) atoms. The SMILES string of the molecule is Cn1c(=O)c2c(c3ccccc31)OC(N)=C(C#N)[C@H]2c1ccccc1[N+](=O)[O-]. The van der Waals surface area contributed by atoms with Crippen molar-refractivity contribution in [2.24, 2.45) is 12.8 Å². The number of hydrogen-bond acceptors (Lipinski definition) is 6. The molecule has 0 amide bonds. The number of rotatable bonds is 2. The number of hydrogen-bond donors (Lipinski definition) is 1. The number of benzene rings is 2. The van der Waals surface area contributed by atoms with Crippen LogP contribution in [0.3, 0.4) is 0 Å². The van der Waals surface area contributed by atoms with Gasteiger partial charge in [-0.2, -0.15) is 5.26 Å². The monoisotopic (exact) mass is 374 g/mol. The summed E-state index contributed by atoms with van der Waals surface area (Å²) in [7, 11) is 1.61. The standard InChI is InChI=1S/C20H14N4O4/c1-23-14-8-4-3-7-12(14)18-17(20(23)25)16(13(10-21)19(22)28-18)11-6-2-5-9-15(11)24(26)27/h2-9,16H,22H2,1H3/t16-/m1/s1. The molecule has 0 spiro atoms. The molecule has 3 aromatic rings. The maximum Gasteiger partial charge on any atom is 0.273 e. The number of fused-ring (bicyclic) bond motifs is 3. The number of nitro benzene ring substituents is 1. The summed E-state index contributed by atoms with van der Waals surface area (Å²) in [5.41, 5.74) is 6.35. The number of nitro groups is 1. The summed E-state index contributed by atoms with van der Waals surface area (Å²) in [4.78, 5) is 24.2. The first-order chi connectivity index (χ1) is 13.5. The molecule has 4 rings (SSSR count). The molecule has 2 heterocycles. The minimum Gasteiger partial charge on any atom is -0.439 e. The lowest BCUT2D eigenvalue weighted by atomic mass is 9.82. The first-order valence-corrected chi connectivity index (χ1v) is 8.38. The van der Waals surface area contributed by atoms with Crippen molar-refractivity contribution in [3.8, 4) is 11.8 Å². The highest BCUT2D eigenvalue weighted by molar-refractivity contribution is 5.88. The first-order valence-electron chi connectivity index (χ1n) is 8.38. The highest BCUT2D eigenvalue weighted by Gasteiger charge is 2.38. The molecule has 0 bridgehead atoms. The minimum absolute atomic E-state index is 0.0332. The van der Waals surface area contributed by atoms with E-state index in [4.69, 9.17) is 10.5 Å². The maximum absolute atomic E-state index is 13.2. The Bertz CT molecular complexity index is 1280. The van der Waals surface area contributed by atoms with Crippen LogP contribution >= 0.6 is 0 Å². The summed E-state index contributed by atoms with van der Waals surface area (Å²) in [5, 5.41) is 21.9. The second-order valence-electron chi connectivity index (χ2n) is 6.36. The summed E-state index contributed by atoms with van der Waals surface area (Å²) in [5.74, 6) is -0.950. The predicted molar refractivity (Wildman–Crippen MR) is 102 cm³/mol. The second-order valence-corrected chi connectivity index (χ2v) is 6.36. The second kappa shape index (κ2) is 6.25. The van der Waals surface area contributed by atoms with Crippen LogP contribution in [-0.2, 0) is 7.05 Å². The number of aryl methyl sites for hydroxylation is 1. The van der Waals surface area contributed by atoms with Gasteiger partial charge in [0.25, 0.3) is 11.2 Å². The van der Waals surface area contributed by atoms with E-state index in [1.54, 1.807) is 37.4 Å². The normalized spacial score (nSPS) is 15.6. The van der Waals surface area contributed by atoms with Crippen molar-refractivity contribution < 1.29 is 9.66 Å². The molecular weight excluding hydrogens is 360 g/mol. The summed E-state index contributed by atoms with van der Waals surface area (Å²) in [6.45, 7) is 0. The molecule has 0 radical (unpaired) electrons. The van der Waals surface area contributed by atoms with E-state index in [9.17, 15) is 20.2 Å². The van der Waals surface area contributed by atoms with Gasteiger partial charge in [0.1, 0.15) is 17.4 Å². The van der Waals surface area contributed by atoms with Crippen LogP contribution in [0.2, 0.25) is 0 Å². The molecule has 8 heteroatoms. The van der Waals surface area contributed by atoms with Gasteiger partial charge in [-0.05, 0) is 12.1 Å². The van der Waals surface area contributed by atoms with Crippen molar-refractivity contribution in [1.82, 2.24) is 4.57 Å². The molecule has 2 aromatic carbocycles.